The predicted octanol–water partition coefficient (Wildman–Crippen LogP) is 2.75. The summed E-state index contributed by atoms with van der Waals surface area (Å²) in [6.07, 6.45) is 0.207. The molecule has 2 rings (SSSR count). The summed E-state index contributed by atoms with van der Waals surface area (Å²) in [6.45, 7) is 2.17. The zero-order chi connectivity index (χ0) is 17.7. The van der Waals surface area contributed by atoms with Crippen LogP contribution in [0.5, 0.6) is 0 Å². The van der Waals surface area contributed by atoms with E-state index >= 15 is 0 Å². The zero-order valence-corrected chi connectivity index (χ0v) is 13.5. The fourth-order valence-corrected chi connectivity index (χ4v) is 2.34. The van der Waals surface area contributed by atoms with Gasteiger partial charge < -0.3 is 11.1 Å². The van der Waals surface area contributed by atoms with E-state index in [-0.39, 0.29) is 24.0 Å². The van der Waals surface area contributed by atoms with Crippen molar-refractivity contribution < 1.29 is 13.2 Å². The maximum Gasteiger partial charge on any atom is 0.165 e. The molecule has 0 radical (unpaired) electrons. The van der Waals surface area contributed by atoms with Crippen LogP contribution in [-0.2, 0) is 12.8 Å². The molecule has 0 unspecified atom stereocenters. The Morgan fingerprint density at radius 1 is 1.12 bits per heavy atom. The summed E-state index contributed by atoms with van der Waals surface area (Å²) in [5, 5.41) is 2.77. The molecule has 0 aliphatic carbocycles. The molecule has 1 aromatic heterocycles. The lowest BCUT2D eigenvalue weighted by Gasteiger charge is -2.09. The monoisotopic (exact) mass is 333 g/mol. The number of halogens is 3. The van der Waals surface area contributed by atoms with Gasteiger partial charge in [-0.15, -0.1) is 0 Å². The molecule has 1 aromatic carbocycles. The van der Waals surface area contributed by atoms with Crippen molar-refractivity contribution in [3.05, 3.63) is 58.0 Å². The molecule has 3 nitrogen and oxygen atoms in total. The highest BCUT2D eigenvalue weighted by molar-refractivity contribution is 5.41. The van der Waals surface area contributed by atoms with Gasteiger partial charge in [-0.25, -0.2) is 18.2 Å². The summed E-state index contributed by atoms with van der Waals surface area (Å²) in [5.41, 5.74) is 6.67. The minimum Gasteiger partial charge on any atom is -0.384 e. The van der Waals surface area contributed by atoms with Crippen LogP contribution in [0.15, 0.2) is 18.2 Å². The fraction of sp³-hybridized carbons (Fsp3) is 0.278. The molecule has 1 heterocycles. The van der Waals surface area contributed by atoms with E-state index in [1.165, 1.54) is 0 Å². The first-order valence-electron chi connectivity index (χ1n) is 7.45. The van der Waals surface area contributed by atoms with Crippen LogP contribution in [0.4, 0.5) is 19.0 Å². The van der Waals surface area contributed by atoms with Gasteiger partial charge in [-0.1, -0.05) is 11.8 Å². The molecule has 126 valence electrons. The third-order valence-corrected chi connectivity index (χ3v) is 3.41. The van der Waals surface area contributed by atoms with Crippen molar-refractivity contribution in [2.24, 2.45) is 0 Å². The summed E-state index contributed by atoms with van der Waals surface area (Å²) in [5.74, 6) is 2.34. The predicted molar refractivity (Wildman–Crippen MR) is 87.9 cm³/mol. The Kier molecular flexibility index (Phi) is 5.83. The van der Waals surface area contributed by atoms with Crippen molar-refractivity contribution in [3.63, 3.8) is 0 Å². The van der Waals surface area contributed by atoms with Gasteiger partial charge in [-0.05, 0) is 50.6 Å². The molecule has 24 heavy (non-hydrogen) atoms. The third kappa shape index (κ3) is 4.27. The smallest absolute Gasteiger partial charge is 0.165 e. The number of benzene rings is 1. The Balaban J connectivity index is 2.30. The molecule has 6 heteroatoms. The lowest BCUT2D eigenvalue weighted by atomic mass is 10.0. The third-order valence-electron chi connectivity index (χ3n) is 3.41. The van der Waals surface area contributed by atoms with Crippen LogP contribution in [0.1, 0.15) is 22.4 Å². The van der Waals surface area contributed by atoms with Crippen molar-refractivity contribution >= 4 is 5.82 Å². The van der Waals surface area contributed by atoms with E-state index in [1.54, 1.807) is 19.2 Å². The molecule has 0 fully saturated rings. The number of nitrogens with zero attached hydrogens (tertiary/aromatic N) is 1. The Hall–Kier alpha value is -2.52. The number of anilines is 1. The lowest BCUT2D eigenvalue weighted by molar-refractivity contribution is 0.477. The largest absolute Gasteiger partial charge is 0.384 e. The summed E-state index contributed by atoms with van der Waals surface area (Å²) < 4.78 is 42.1. The second-order valence-electron chi connectivity index (χ2n) is 5.41. The van der Waals surface area contributed by atoms with Crippen molar-refractivity contribution in [1.29, 1.82) is 0 Å². The number of hydrogen-bond donors (Lipinski definition) is 2. The van der Waals surface area contributed by atoms with Crippen LogP contribution in [0, 0.1) is 36.2 Å². The number of nitrogens with one attached hydrogen (secondary N) is 1. The quantitative estimate of drug-likeness (QED) is 0.668. The summed E-state index contributed by atoms with van der Waals surface area (Å²) in [6, 6.07) is 4.25. The van der Waals surface area contributed by atoms with Crippen molar-refractivity contribution in [2.45, 2.75) is 19.8 Å². The number of nitrogens with two attached hydrogens (primary N) is 1. The van der Waals surface area contributed by atoms with Gasteiger partial charge in [-0.3, -0.25) is 0 Å². The summed E-state index contributed by atoms with van der Waals surface area (Å²) in [7, 11) is 1.68. The molecule has 0 saturated carbocycles. The second-order valence-corrected chi connectivity index (χ2v) is 5.41. The highest BCUT2D eigenvalue weighted by atomic mass is 19.2. The van der Waals surface area contributed by atoms with Crippen LogP contribution < -0.4 is 11.1 Å². The minimum atomic E-state index is -1.19. The first kappa shape index (κ1) is 17.8. The first-order chi connectivity index (χ1) is 11.4. The van der Waals surface area contributed by atoms with Crippen LogP contribution in [0.2, 0.25) is 0 Å². The van der Waals surface area contributed by atoms with E-state index in [1.807, 2.05) is 6.92 Å². The Morgan fingerprint density at radius 2 is 1.88 bits per heavy atom. The highest BCUT2D eigenvalue weighted by Crippen LogP contribution is 2.22. The van der Waals surface area contributed by atoms with E-state index in [9.17, 15) is 13.2 Å². The number of hydrogen-bond acceptors (Lipinski definition) is 3. The standard InChI is InChI=1S/C18H18F3N3/c1-11-8-13(24-16(22)9-11)5-6-14-17(20)12(4-3-7-23-2)10-15(19)18(14)21/h8-10,23H,5-7H2,1-2H3,(H2,22,24). The average molecular weight is 333 g/mol. The van der Waals surface area contributed by atoms with E-state index in [4.69, 9.17) is 5.73 Å². The molecule has 0 atom stereocenters. The maximum absolute atomic E-state index is 14.4. The number of pyridine rings is 1. The molecule has 0 aliphatic rings. The number of aryl methyl sites for hydroxylation is 2. The van der Waals surface area contributed by atoms with Gasteiger partial charge in [0.25, 0.3) is 0 Å². The molecular formula is C18H18F3N3. The van der Waals surface area contributed by atoms with E-state index in [2.05, 4.69) is 22.1 Å². The number of rotatable bonds is 4. The lowest BCUT2D eigenvalue weighted by Crippen LogP contribution is -2.07. The van der Waals surface area contributed by atoms with Gasteiger partial charge in [0.1, 0.15) is 11.6 Å². The highest BCUT2D eigenvalue weighted by Gasteiger charge is 2.18. The molecule has 0 aliphatic heterocycles. The SMILES string of the molecule is CNCC#Cc1cc(F)c(F)c(CCc2cc(C)cc(N)n2)c1F. The summed E-state index contributed by atoms with van der Waals surface area (Å²) >= 11 is 0. The van der Waals surface area contributed by atoms with Gasteiger partial charge in [-0.2, -0.15) is 0 Å². The fourth-order valence-electron chi connectivity index (χ4n) is 2.34. The molecular weight excluding hydrogens is 315 g/mol. The summed E-state index contributed by atoms with van der Waals surface area (Å²) in [4.78, 5) is 4.12. The maximum atomic E-state index is 14.4. The van der Waals surface area contributed by atoms with Crippen molar-refractivity contribution in [3.8, 4) is 11.8 Å². The van der Waals surface area contributed by atoms with Gasteiger partial charge >= 0.3 is 0 Å². The molecule has 3 N–H and O–H groups in total. The molecule has 0 saturated heterocycles. The van der Waals surface area contributed by atoms with Crippen molar-refractivity contribution in [1.82, 2.24) is 10.3 Å². The van der Waals surface area contributed by atoms with Gasteiger partial charge in [0, 0.05) is 11.3 Å². The minimum absolute atomic E-state index is 0.0357. The Morgan fingerprint density at radius 3 is 2.54 bits per heavy atom. The molecule has 2 aromatic rings. The second kappa shape index (κ2) is 7.84. The Labute approximate surface area is 139 Å². The van der Waals surface area contributed by atoms with Crippen LogP contribution in [0.25, 0.3) is 0 Å². The van der Waals surface area contributed by atoms with Gasteiger partial charge in [0.15, 0.2) is 11.6 Å². The van der Waals surface area contributed by atoms with Crippen LogP contribution in [0.3, 0.4) is 0 Å². The van der Waals surface area contributed by atoms with Crippen LogP contribution >= 0.6 is 0 Å². The van der Waals surface area contributed by atoms with Gasteiger partial charge in [0.05, 0.1) is 12.1 Å². The Bertz CT molecular complexity index is 787. The first-order valence-corrected chi connectivity index (χ1v) is 7.45. The molecule has 0 bridgehead atoms. The molecule has 0 amide bonds. The average Bonchev–Trinajstić information content (AvgIpc) is 2.51. The van der Waals surface area contributed by atoms with Crippen molar-refractivity contribution in [2.75, 3.05) is 19.3 Å². The topological polar surface area (TPSA) is 50.9 Å². The number of aromatic nitrogens is 1. The van der Waals surface area contributed by atoms with E-state index in [0.29, 0.717) is 18.1 Å². The zero-order valence-electron chi connectivity index (χ0n) is 13.5. The van der Waals surface area contributed by atoms with Crippen LogP contribution in [-0.4, -0.2) is 18.6 Å². The van der Waals surface area contributed by atoms with Gasteiger partial charge in [0.2, 0.25) is 0 Å². The normalized spacial score (nSPS) is 10.4. The molecule has 0 spiro atoms. The van der Waals surface area contributed by atoms with E-state index < -0.39 is 17.5 Å². The number of nitrogen functional groups attached to an aromatic ring is 1. The van der Waals surface area contributed by atoms with E-state index in [0.717, 1.165) is 11.6 Å².